The lowest BCUT2D eigenvalue weighted by Gasteiger charge is -2.40. The molecule has 8 nitrogen and oxygen atoms in total. The molecule has 2 saturated heterocycles. The van der Waals surface area contributed by atoms with Crippen LogP contribution in [-0.2, 0) is 31.7 Å². The largest absolute Gasteiger partial charge is 0.417 e. The molecule has 0 bridgehead atoms. The number of amides is 3. The van der Waals surface area contributed by atoms with Crippen molar-refractivity contribution in [3.05, 3.63) is 76.8 Å². The van der Waals surface area contributed by atoms with Gasteiger partial charge in [-0.2, -0.15) is 13.2 Å². The molecule has 3 amide bonds. The number of hydrogen-bond acceptors (Lipinski definition) is 5. The second-order valence-corrected chi connectivity index (χ2v) is 12.6. The van der Waals surface area contributed by atoms with Crippen LogP contribution in [0.5, 0.6) is 0 Å². The fourth-order valence-electron chi connectivity index (χ4n) is 6.42. The molecule has 2 fully saturated rings. The van der Waals surface area contributed by atoms with Gasteiger partial charge in [0.1, 0.15) is 6.04 Å². The van der Waals surface area contributed by atoms with Crippen LogP contribution in [0.2, 0.25) is 5.02 Å². The van der Waals surface area contributed by atoms with Crippen molar-refractivity contribution in [1.29, 1.82) is 0 Å². The fraction of sp³-hybridized carbons (Fsp3) is 0.485. The van der Waals surface area contributed by atoms with E-state index >= 15 is 0 Å². The average molecular weight is 647 g/mol. The van der Waals surface area contributed by atoms with Gasteiger partial charge < -0.3 is 20.7 Å². The van der Waals surface area contributed by atoms with Crippen molar-refractivity contribution in [3.8, 4) is 0 Å². The van der Waals surface area contributed by atoms with Gasteiger partial charge in [0.05, 0.1) is 22.5 Å². The number of anilines is 1. The lowest BCUT2D eigenvalue weighted by molar-refractivity contribution is -0.140. The molecule has 0 saturated carbocycles. The number of rotatable bonds is 5. The molecular weight excluding hydrogens is 609 g/mol. The van der Waals surface area contributed by atoms with Crippen LogP contribution in [0.1, 0.15) is 43.2 Å². The quantitative estimate of drug-likeness (QED) is 0.398. The van der Waals surface area contributed by atoms with Crippen molar-refractivity contribution in [1.82, 2.24) is 15.5 Å². The average Bonchev–Trinajstić information content (AvgIpc) is 3.01. The molecule has 2 aromatic rings. The third-order valence-electron chi connectivity index (χ3n) is 9.02. The second kappa shape index (κ2) is 14.3. The minimum absolute atomic E-state index is 0.0132. The molecule has 0 radical (unpaired) electrons. The molecule has 1 spiro atoms. The Bertz CT molecular complexity index is 1400. The standard InChI is InChI=1S/C33H38ClF3N4O4/c34-26-10-9-24(19-25(26)33(35,36)37)38-29(42)21-41-15-11-27-23(20-41)8-4-5-12-32(13-16-45-17-14-32)31(44)40-28(30(43)39-27)18-22-6-2-1-3-7-22/h1-7,9-10,19,23,27-28H,8,11-18,20-21H2,(H,38,42)(H,39,43)(H,40,44)/b5-4+/t23-,27+,28+/m0/s1. The van der Waals surface area contributed by atoms with E-state index in [1.165, 1.54) is 6.07 Å². The number of likely N-dealkylation sites (tertiary alicyclic amines) is 1. The first-order valence-electron chi connectivity index (χ1n) is 15.3. The maximum absolute atomic E-state index is 13.8. The molecule has 0 aliphatic carbocycles. The van der Waals surface area contributed by atoms with Crippen LogP contribution in [0.3, 0.4) is 0 Å². The van der Waals surface area contributed by atoms with Gasteiger partial charge in [-0.3, -0.25) is 19.3 Å². The Morgan fingerprint density at radius 3 is 2.56 bits per heavy atom. The Morgan fingerprint density at radius 1 is 1.07 bits per heavy atom. The smallest absolute Gasteiger partial charge is 0.381 e. The minimum atomic E-state index is -4.64. The van der Waals surface area contributed by atoms with Crippen molar-refractivity contribution >= 4 is 35.0 Å². The van der Waals surface area contributed by atoms with Crippen LogP contribution >= 0.6 is 11.6 Å². The zero-order valence-electron chi connectivity index (χ0n) is 24.9. The van der Waals surface area contributed by atoms with E-state index in [0.29, 0.717) is 64.8 Å². The molecule has 3 aliphatic heterocycles. The third kappa shape index (κ3) is 8.45. The van der Waals surface area contributed by atoms with Gasteiger partial charge in [0.15, 0.2) is 0 Å². The molecule has 5 rings (SSSR count). The predicted octanol–water partition coefficient (Wildman–Crippen LogP) is 4.98. The maximum Gasteiger partial charge on any atom is 0.417 e. The lowest BCUT2D eigenvalue weighted by Crippen LogP contribution is -2.58. The van der Waals surface area contributed by atoms with Gasteiger partial charge in [-0.15, -0.1) is 0 Å². The lowest BCUT2D eigenvalue weighted by atomic mass is 9.75. The van der Waals surface area contributed by atoms with Gasteiger partial charge in [0.2, 0.25) is 17.7 Å². The van der Waals surface area contributed by atoms with Crippen LogP contribution in [0.4, 0.5) is 18.9 Å². The van der Waals surface area contributed by atoms with Gasteiger partial charge in [-0.25, -0.2) is 0 Å². The van der Waals surface area contributed by atoms with Crippen molar-refractivity contribution < 1.29 is 32.3 Å². The summed E-state index contributed by atoms with van der Waals surface area (Å²) >= 11 is 5.71. The Morgan fingerprint density at radius 2 is 1.82 bits per heavy atom. The number of benzene rings is 2. The number of ether oxygens (including phenoxy) is 1. The molecule has 242 valence electrons. The summed E-state index contributed by atoms with van der Waals surface area (Å²) in [5, 5.41) is 8.40. The summed E-state index contributed by atoms with van der Waals surface area (Å²) in [7, 11) is 0. The molecule has 3 N–H and O–H groups in total. The summed E-state index contributed by atoms with van der Waals surface area (Å²) in [6, 6.07) is 11.9. The number of halogens is 4. The zero-order valence-corrected chi connectivity index (χ0v) is 25.6. The molecule has 3 heterocycles. The first-order chi connectivity index (χ1) is 21.5. The van der Waals surface area contributed by atoms with Crippen LogP contribution < -0.4 is 16.0 Å². The van der Waals surface area contributed by atoms with E-state index < -0.39 is 34.1 Å². The van der Waals surface area contributed by atoms with E-state index in [2.05, 4.69) is 16.0 Å². The highest BCUT2D eigenvalue weighted by Gasteiger charge is 2.41. The van der Waals surface area contributed by atoms with Gasteiger partial charge in [0.25, 0.3) is 0 Å². The SMILES string of the molecule is O=C(CN1CC[C@H]2NC(=O)[C@@H](Cc3ccccc3)NC(=O)C3(C/C=C/C[C@H]2C1)CCOCC3)Nc1ccc(Cl)c(C(F)(F)F)c1. The van der Waals surface area contributed by atoms with Crippen molar-refractivity contribution in [2.75, 3.05) is 38.2 Å². The van der Waals surface area contributed by atoms with Crippen molar-refractivity contribution in [2.45, 2.75) is 56.8 Å². The Kier molecular flexibility index (Phi) is 10.5. The van der Waals surface area contributed by atoms with E-state index in [9.17, 15) is 27.6 Å². The summed E-state index contributed by atoms with van der Waals surface area (Å²) in [5.41, 5.74) is -0.719. The summed E-state index contributed by atoms with van der Waals surface area (Å²) in [6.07, 6.45) is 2.67. The number of allylic oxidation sites excluding steroid dienone is 2. The summed E-state index contributed by atoms with van der Waals surface area (Å²) < 4.78 is 45.4. The molecule has 45 heavy (non-hydrogen) atoms. The Hall–Kier alpha value is -3.41. The van der Waals surface area contributed by atoms with E-state index in [-0.39, 0.29) is 36.0 Å². The highest BCUT2D eigenvalue weighted by atomic mass is 35.5. The number of hydrogen-bond donors (Lipinski definition) is 3. The van der Waals surface area contributed by atoms with E-state index in [0.717, 1.165) is 17.7 Å². The molecule has 0 unspecified atom stereocenters. The van der Waals surface area contributed by atoms with Crippen LogP contribution in [-0.4, -0.2) is 67.6 Å². The highest BCUT2D eigenvalue weighted by Crippen LogP contribution is 2.37. The van der Waals surface area contributed by atoms with Gasteiger partial charge >= 0.3 is 6.18 Å². The van der Waals surface area contributed by atoms with Crippen molar-refractivity contribution in [3.63, 3.8) is 0 Å². The predicted molar refractivity (Wildman–Crippen MR) is 164 cm³/mol. The second-order valence-electron chi connectivity index (χ2n) is 12.2. The van der Waals surface area contributed by atoms with Crippen LogP contribution in [0, 0.1) is 11.3 Å². The van der Waals surface area contributed by atoms with Gasteiger partial charge in [0, 0.05) is 44.5 Å². The van der Waals surface area contributed by atoms with Crippen molar-refractivity contribution in [2.24, 2.45) is 11.3 Å². The first-order valence-corrected chi connectivity index (χ1v) is 15.7. The van der Waals surface area contributed by atoms with E-state index in [1.807, 2.05) is 47.4 Å². The van der Waals surface area contributed by atoms with Crippen LogP contribution in [0.25, 0.3) is 0 Å². The number of piperidine rings is 1. The molecule has 0 aromatic heterocycles. The molecule has 2 aromatic carbocycles. The number of carbonyl (C=O) groups is 3. The number of nitrogens with zero attached hydrogens (tertiary/aromatic N) is 1. The zero-order chi connectivity index (χ0) is 32.0. The van der Waals surface area contributed by atoms with Gasteiger partial charge in [-0.05, 0) is 61.8 Å². The molecular formula is C33H38ClF3N4O4. The monoisotopic (exact) mass is 646 g/mol. The minimum Gasteiger partial charge on any atom is -0.381 e. The van der Waals surface area contributed by atoms with Gasteiger partial charge in [-0.1, -0.05) is 54.1 Å². The fourth-order valence-corrected chi connectivity index (χ4v) is 6.65. The topological polar surface area (TPSA) is 99.8 Å². The third-order valence-corrected chi connectivity index (χ3v) is 9.35. The summed E-state index contributed by atoms with van der Waals surface area (Å²) in [6.45, 7) is 1.95. The van der Waals surface area contributed by atoms with Crippen LogP contribution in [0.15, 0.2) is 60.7 Å². The molecule has 3 atom stereocenters. The number of fused-ring (bicyclic) bond motifs is 1. The first kappa shape index (κ1) is 33.0. The normalized spacial score (nSPS) is 25.2. The summed E-state index contributed by atoms with van der Waals surface area (Å²) in [4.78, 5) is 42.3. The molecule has 12 heteroatoms. The number of nitrogens with one attached hydrogen (secondary N) is 3. The maximum atomic E-state index is 13.8. The highest BCUT2D eigenvalue weighted by molar-refractivity contribution is 6.31. The number of alkyl halides is 3. The Balaban J connectivity index is 1.30. The summed E-state index contributed by atoms with van der Waals surface area (Å²) in [5.74, 6) is -0.836. The molecule has 3 aliphatic rings. The Labute approximate surface area is 265 Å². The van der Waals surface area contributed by atoms with E-state index in [1.54, 1.807) is 0 Å². The number of carbonyl (C=O) groups excluding carboxylic acids is 3. The van der Waals surface area contributed by atoms with E-state index in [4.69, 9.17) is 16.3 Å².